The predicted molar refractivity (Wildman–Crippen MR) is 69.3 cm³/mol. The van der Waals surface area contributed by atoms with Gasteiger partial charge in [-0.15, -0.1) is 0 Å². The Labute approximate surface area is 115 Å². The maximum atomic E-state index is 11.9. The van der Waals surface area contributed by atoms with Gasteiger partial charge in [-0.05, 0) is 43.0 Å². The molecule has 2 N–H and O–H groups in total. The van der Waals surface area contributed by atoms with Crippen LogP contribution in [0, 0.1) is 13.8 Å². The lowest BCUT2D eigenvalue weighted by Crippen LogP contribution is -2.20. The lowest BCUT2D eigenvalue weighted by atomic mass is 9.97. The highest BCUT2D eigenvalue weighted by Crippen LogP contribution is 2.25. The topological polar surface area (TPSA) is 35.2 Å². The molecule has 19 heavy (non-hydrogen) atoms. The largest absolute Gasteiger partial charge is 0.411 e. The molecule has 0 radical (unpaired) electrons. The highest BCUT2D eigenvalue weighted by Gasteiger charge is 2.27. The van der Waals surface area contributed by atoms with Gasteiger partial charge in [-0.2, -0.15) is 13.2 Å². The molecule has 0 aromatic heterocycles. The number of hydrogen-bond acceptors (Lipinski definition) is 2. The van der Waals surface area contributed by atoms with Crippen molar-refractivity contribution in [1.29, 1.82) is 0 Å². The number of halogens is 4. The lowest BCUT2D eigenvalue weighted by Gasteiger charge is -2.16. The van der Waals surface area contributed by atoms with Crippen molar-refractivity contribution in [1.82, 2.24) is 0 Å². The van der Waals surface area contributed by atoms with Crippen LogP contribution in [0.2, 0.25) is 5.02 Å². The summed E-state index contributed by atoms with van der Waals surface area (Å²) >= 11 is 5.98. The van der Waals surface area contributed by atoms with E-state index < -0.39 is 12.8 Å². The maximum Gasteiger partial charge on any atom is 0.411 e. The van der Waals surface area contributed by atoms with Crippen molar-refractivity contribution in [3.8, 4) is 0 Å². The summed E-state index contributed by atoms with van der Waals surface area (Å²) in [7, 11) is 0. The molecule has 1 aromatic rings. The first-order valence-corrected chi connectivity index (χ1v) is 6.25. The number of hydrogen-bond donors (Lipinski definition) is 1. The van der Waals surface area contributed by atoms with E-state index in [2.05, 4.69) is 4.74 Å². The fourth-order valence-electron chi connectivity index (χ4n) is 1.76. The Hall–Kier alpha value is -0.780. The summed E-state index contributed by atoms with van der Waals surface area (Å²) in [5, 5.41) is 0.654. The highest BCUT2D eigenvalue weighted by molar-refractivity contribution is 6.31. The highest BCUT2D eigenvalue weighted by atomic mass is 35.5. The third-order valence-electron chi connectivity index (χ3n) is 2.79. The van der Waals surface area contributed by atoms with Gasteiger partial charge < -0.3 is 10.5 Å². The van der Waals surface area contributed by atoms with E-state index in [9.17, 15) is 13.2 Å². The second kappa shape index (κ2) is 6.59. The van der Waals surface area contributed by atoms with Crippen LogP contribution >= 0.6 is 11.6 Å². The Morgan fingerprint density at radius 3 is 2.47 bits per heavy atom. The first kappa shape index (κ1) is 16.3. The predicted octanol–water partition coefficient (Wildman–Crippen LogP) is 3.93. The average molecular weight is 296 g/mol. The van der Waals surface area contributed by atoms with Crippen LogP contribution in [0.15, 0.2) is 12.1 Å². The van der Waals surface area contributed by atoms with Gasteiger partial charge in [-0.3, -0.25) is 0 Å². The molecule has 1 rings (SSSR count). The molecule has 0 saturated carbocycles. The number of alkyl halides is 3. The third-order valence-corrected chi connectivity index (χ3v) is 3.19. The zero-order valence-electron chi connectivity index (χ0n) is 10.9. The van der Waals surface area contributed by atoms with E-state index in [1.165, 1.54) is 0 Å². The molecule has 0 aliphatic heterocycles. The first-order chi connectivity index (χ1) is 8.70. The summed E-state index contributed by atoms with van der Waals surface area (Å²) in [4.78, 5) is 0. The van der Waals surface area contributed by atoms with Crippen molar-refractivity contribution in [2.24, 2.45) is 5.73 Å². The first-order valence-electron chi connectivity index (χ1n) is 5.87. The summed E-state index contributed by atoms with van der Waals surface area (Å²) in [5.74, 6) is 0. The van der Waals surface area contributed by atoms with Crippen molar-refractivity contribution >= 4 is 11.6 Å². The Bertz CT molecular complexity index is 435. The lowest BCUT2D eigenvalue weighted by molar-refractivity contribution is -0.174. The van der Waals surface area contributed by atoms with Crippen LogP contribution in [0.25, 0.3) is 0 Å². The van der Waals surface area contributed by atoms with Crippen LogP contribution in [0.1, 0.15) is 29.2 Å². The van der Waals surface area contributed by atoms with Gasteiger partial charge in [0.05, 0.1) is 0 Å². The van der Waals surface area contributed by atoms with Crippen molar-refractivity contribution < 1.29 is 17.9 Å². The van der Waals surface area contributed by atoms with Gasteiger partial charge in [0, 0.05) is 17.7 Å². The SMILES string of the molecule is Cc1cc(C(N)CCOCC(F)(F)F)c(C)cc1Cl. The standard InChI is InChI=1S/C13H17ClF3NO/c1-8-6-11(14)9(2)5-10(8)12(18)3-4-19-7-13(15,16)17/h5-6,12H,3-4,7,18H2,1-2H3. The molecular weight excluding hydrogens is 279 g/mol. The number of rotatable bonds is 5. The number of benzene rings is 1. The molecule has 0 aliphatic rings. The van der Waals surface area contributed by atoms with Crippen LogP contribution in [0.3, 0.4) is 0 Å². The molecule has 0 amide bonds. The zero-order chi connectivity index (χ0) is 14.6. The molecule has 0 saturated heterocycles. The van der Waals surface area contributed by atoms with E-state index in [1.807, 2.05) is 26.0 Å². The number of aryl methyl sites for hydroxylation is 2. The molecule has 0 heterocycles. The van der Waals surface area contributed by atoms with Gasteiger partial charge >= 0.3 is 6.18 Å². The second-order valence-electron chi connectivity index (χ2n) is 4.52. The molecular formula is C13H17ClF3NO. The second-order valence-corrected chi connectivity index (χ2v) is 4.93. The minimum atomic E-state index is -4.29. The van der Waals surface area contributed by atoms with Crippen LogP contribution in [-0.2, 0) is 4.74 Å². The fourth-order valence-corrected chi connectivity index (χ4v) is 1.97. The van der Waals surface area contributed by atoms with Gasteiger partial charge in [0.25, 0.3) is 0 Å². The van der Waals surface area contributed by atoms with Gasteiger partial charge in [0.1, 0.15) is 6.61 Å². The van der Waals surface area contributed by atoms with Crippen molar-refractivity contribution in [3.63, 3.8) is 0 Å². The average Bonchev–Trinajstić information content (AvgIpc) is 2.28. The Kier molecular flexibility index (Phi) is 5.64. The Morgan fingerprint density at radius 1 is 1.26 bits per heavy atom. The quantitative estimate of drug-likeness (QED) is 0.836. The zero-order valence-corrected chi connectivity index (χ0v) is 11.6. The third kappa shape index (κ3) is 5.38. The Balaban J connectivity index is 2.54. The van der Waals surface area contributed by atoms with Crippen LogP contribution < -0.4 is 5.73 Å². The molecule has 2 nitrogen and oxygen atoms in total. The van der Waals surface area contributed by atoms with E-state index in [4.69, 9.17) is 17.3 Å². The van der Waals surface area contributed by atoms with Crippen LogP contribution in [-0.4, -0.2) is 19.4 Å². The molecule has 0 spiro atoms. The van der Waals surface area contributed by atoms with E-state index in [0.717, 1.165) is 16.7 Å². The summed E-state index contributed by atoms with van der Waals surface area (Å²) in [6.07, 6.45) is -3.96. The van der Waals surface area contributed by atoms with Gasteiger partial charge in [0.2, 0.25) is 0 Å². The van der Waals surface area contributed by atoms with Crippen LogP contribution in [0.4, 0.5) is 13.2 Å². The molecule has 0 bridgehead atoms. The number of nitrogens with two attached hydrogens (primary N) is 1. The number of ether oxygens (including phenoxy) is 1. The molecule has 1 aromatic carbocycles. The molecule has 0 aliphatic carbocycles. The molecule has 108 valence electrons. The van der Waals surface area contributed by atoms with Crippen molar-refractivity contribution in [2.45, 2.75) is 32.5 Å². The summed E-state index contributed by atoms with van der Waals surface area (Å²) in [6, 6.07) is 3.32. The molecule has 1 unspecified atom stereocenters. The van der Waals surface area contributed by atoms with Gasteiger partial charge in [-0.1, -0.05) is 17.7 Å². The van der Waals surface area contributed by atoms with E-state index in [0.29, 0.717) is 11.4 Å². The summed E-state index contributed by atoms with van der Waals surface area (Å²) < 4.78 is 40.2. The van der Waals surface area contributed by atoms with Gasteiger partial charge in [0.15, 0.2) is 0 Å². The normalized spacial score (nSPS) is 13.6. The monoisotopic (exact) mass is 295 g/mol. The van der Waals surface area contributed by atoms with E-state index in [1.54, 1.807) is 0 Å². The molecule has 0 fully saturated rings. The minimum absolute atomic E-state index is 0.0260. The summed E-state index contributed by atoms with van der Waals surface area (Å²) in [6.45, 7) is 2.47. The molecule has 6 heteroatoms. The van der Waals surface area contributed by atoms with Crippen molar-refractivity contribution in [2.75, 3.05) is 13.2 Å². The molecule has 1 atom stereocenters. The Morgan fingerprint density at radius 2 is 1.89 bits per heavy atom. The summed E-state index contributed by atoms with van der Waals surface area (Å²) in [5.41, 5.74) is 8.67. The van der Waals surface area contributed by atoms with Crippen LogP contribution in [0.5, 0.6) is 0 Å². The van der Waals surface area contributed by atoms with E-state index in [-0.39, 0.29) is 12.6 Å². The van der Waals surface area contributed by atoms with E-state index >= 15 is 0 Å². The van der Waals surface area contributed by atoms with Crippen molar-refractivity contribution in [3.05, 3.63) is 33.8 Å². The van der Waals surface area contributed by atoms with Gasteiger partial charge in [-0.25, -0.2) is 0 Å². The minimum Gasteiger partial charge on any atom is -0.372 e. The maximum absolute atomic E-state index is 11.9. The fraction of sp³-hybridized carbons (Fsp3) is 0.538. The smallest absolute Gasteiger partial charge is 0.372 e.